The van der Waals surface area contributed by atoms with Gasteiger partial charge < -0.3 is 19.9 Å². The van der Waals surface area contributed by atoms with E-state index in [1.165, 1.54) is 7.11 Å². The van der Waals surface area contributed by atoms with Crippen LogP contribution in [0.5, 0.6) is 0 Å². The third-order valence-corrected chi connectivity index (χ3v) is 1.65. The molecule has 0 saturated carbocycles. The fourth-order valence-corrected chi connectivity index (χ4v) is 0.834. The molecule has 6 heteroatoms. The van der Waals surface area contributed by atoms with Gasteiger partial charge in [-0.2, -0.15) is 0 Å². The van der Waals surface area contributed by atoms with E-state index < -0.39 is 18.1 Å². The standard InChI is InChI=1S/C9H17NO5/c1-3-4-5-15-9(13)10-7(6-14-2)8(11)12/h7H,3-6H2,1-2H3,(H,10,13)(H,11,12). The molecule has 0 aromatic heterocycles. The minimum atomic E-state index is -1.15. The highest BCUT2D eigenvalue weighted by molar-refractivity contribution is 5.79. The Labute approximate surface area is 88.6 Å². The Morgan fingerprint density at radius 1 is 1.47 bits per heavy atom. The van der Waals surface area contributed by atoms with Crippen LogP contribution in [-0.2, 0) is 14.3 Å². The van der Waals surface area contributed by atoms with Crippen molar-refractivity contribution in [3.05, 3.63) is 0 Å². The number of carboxylic acid groups (broad SMARTS) is 1. The molecular formula is C9H17NO5. The zero-order valence-electron chi connectivity index (χ0n) is 8.99. The number of carboxylic acids is 1. The predicted octanol–water partition coefficient (Wildman–Crippen LogP) is 0.612. The van der Waals surface area contributed by atoms with Gasteiger partial charge in [0, 0.05) is 7.11 Å². The lowest BCUT2D eigenvalue weighted by molar-refractivity contribution is -0.140. The minimum Gasteiger partial charge on any atom is -0.480 e. The molecule has 0 aliphatic rings. The molecule has 0 heterocycles. The van der Waals surface area contributed by atoms with Gasteiger partial charge in [0.15, 0.2) is 6.04 Å². The maximum absolute atomic E-state index is 11.1. The van der Waals surface area contributed by atoms with Gasteiger partial charge in [-0.15, -0.1) is 0 Å². The molecule has 1 atom stereocenters. The lowest BCUT2D eigenvalue weighted by atomic mass is 10.3. The summed E-state index contributed by atoms with van der Waals surface area (Å²) in [6, 6.07) is -1.07. The zero-order chi connectivity index (χ0) is 11.7. The number of unbranched alkanes of at least 4 members (excludes halogenated alkanes) is 1. The summed E-state index contributed by atoms with van der Waals surface area (Å²) in [4.78, 5) is 21.7. The Morgan fingerprint density at radius 2 is 2.13 bits per heavy atom. The molecule has 0 aliphatic carbocycles. The van der Waals surface area contributed by atoms with Crippen LogP contribution in [0.1, 0.15) is 19.8 Å². The first-order valence-corrected chi connectivity index (χ1v) is 4.76. The molecule has 0 aliphatic heterocycles. The minimum absolute atomic E-state index is 0.0851. The van der Waals surface area contributed by atoms with Crippen LogP contribution in [-0.4, -0.2) is 43.5 Å². The van der Waals surface area contributed by atoms with Crippen molar-refractivity contribution in [2.75, 3.05) is 20.3 Å². The first-order valence-electron chi connectivity index (χ1n) is 4.76. The lowest BCUT2D eigenvalue weighted by Gasteiger charge is -2.13. The van der Waals surface area contributed by atoms with Crippen molar-refractivity contribution in [1.29, 1.82) is 0 Å². The Kier molecular flexibility index (Phi) is 7.35. The number of alkyl carbamates (subject to hydrolysis) is 1. The molecule has 1 unspecified atom stereocenters. The largest absolute Gasteiger partial charge is 0.480 e. The van der Waals surface area contributed by atoms with Crippen LogP contribution in [0, 0.1) is 0 Å². The molecule has 6 nitrogen and oxygen atoms in total. The normalized spacial score (nSPS) is 11.9. The highest BCUT2D eigenvalue weighted by Crippen LogP contribution is 1.91. The number of hydrogen-bond acceptors (Lipinski definition) is 4. The first-order chi connectivity index (χ1) is 7.11. The topological polar surface area (TPSA) is 84.9 Å². The average Bonchev–Trinajstić information content (AvgIpc) is 2.17. The fraction of sp³-hybridized carbons (Fsp3) is 0.778. The molecule has 0 aromatic carbocycles. The molecule has 0 radical (unpaired) electrons. The third-order valence-electron chi connectivity index (χ3n) is 1.65. The molecule has 0 aromatic rings. The average molecular weight is 219 g/mol. The molecule has 88 valence electrons. The summed E-state index contributed by atoms with van der Waals surface area (Å²) >= 11 is 0. The van der Waals surface area contributed by atoms with Gasteiger partial charge in [0.1, 0.15) is 0 Å². The molecule has 0 rings (SSSR count). The van der Waals surface area contributed by atoms with Crippen LogP contribution in [0.3, 0.4) is 0 Å². The van der Waals surface area contributed by atoms with Crippen molar-refractivity contribution < 1.29 is 24.2 Å². The number of carbonyl (C=O) groups excluding carboxylic acids is 1. The molecular weight excluding hydrogens is 202 g/mol. The summed E-state index contributed by atoms with van der Waals surface area (Å²) in [6.45, 7) is 2.17. The number of carbonyl (C=O) groups is 2. The van der Waals surface area contributed by atoms with E-state index in [0.717, 1.165) is 12.8 Å². The van der Waals surface area contributed by atoms with Gasteiger partial charge in [0.2, 0.25) is 0 Å². The Morgan fingerprint density at radius 3 is 2.60 bits per heavy atom. The van der Waals surface area contributed by atoms with Gasteiger partial charge in [-0.05, 0) is 6.42 Å². The molecule has 15 heavy (non-hydrogen) atoms. The van der Waals surface area contributed by atoms with E-state index in [9.17, 15) is 9.59 Å². The van der Waals surface area contributed by atoms with Gasteiger partial charge >= 0.3 is 12.1 Å². The van der Waals surface area contributed by atoms with Crippen LogP contribution in [0.15, 0.2) is 0 Å². The predicted molar refractivity (Wildman–Crippen MR) is 52.7 cm³/mol. The van der Waals surface area contributed by atoms with Gasteiger partial charge in [-0.25, -0.2) is 9.59 Å². The lowest BCUT2D eigenvalue weighted by Crippen LogP contribution is -2.44. The van der Waals surface area contributed by atoms with E-state index in [0.29, 0.717) is 6.61 Å². The Bertz CT molecular complexity index is 207. The summed E-state index contributed by atoms with van der Waals surface area (Å²) in [6.07, 6.45) is 0.941. The van der Waals surface area contributed by atoms with Crippen molar-refractivity contribution in [3.63, 3.8) is 0 Å². The number of nitrogens with one attached hydrogen (secondary N) is 1. The van der Waals surface area contributed by atoms with Crippen molar-refractivity contribution in [1.82, 2.24) is 5.32 Å². The maximum atomic E-state index is 11.1. The van der Waals surface area contributed by atoms with Gasteiger partial charge in [-0.3, -0.25) is 0 Å². The van der Waals surface area contributed by atoms with E-state index in [1.807, 2.05) is 6.92 Å². The number of rotatable bonds is 7. The Balaban J connectivity index is 3.84. The molecule has 0 saturated heterocycles. The SMILES string of the molecule is CCCCOC(=O)NC(COC)C(=O)O. The van der Waals surface area contributed by atoms with Gasteiger partial charge in [-0.1, -0.05) is 13.3 Å². The number of amides is 1. The number of ether oxygens (including phenoxy) is 2. The van der Waals surface area contributed by atoms with E-state index >= 15 is 0 Å². The fourth-order valence-electron chi connectivity index (χ4n) is 0.834. The summed E-state index contributed by atoms with van der Waals surface area (Å²) in [5.41, 5.74) is 0. The molecule has 0 fully saturated rings. The highest BCUT2D eigenvalue weighted by Gasteiger charge is 2.19. The number of hydrogen-bond donors (Lipinski definition) is 2. The second kappa shape index (κ2) is 8.05. The number of aliphatic carboxylic acids is 1. The van der Waals surface area contributed by atoms with Crippen molar-refractivity contribution in [2.24, 2.45) is 0 Å². The third kappa shape index (κ3) is 6.73. The van der Waals surface area contributed by atoms with Crippen LogP contribution >= 0.6 is 0 Å². The summed E-state index contributed by atoms with van der Waals surface area (Å²) < 4.78 is 9.38. The maximum Gasteiger partial charge on any atom is 0.407 e. The molecule has 0 bridgehead atoms. The van der Waals surface area contributed by atoms with E-state index in [4.69, 9.17) is 9.84 Å². The van der Waals surface area contributed by atoms with E-state index in [2.05, 4.69) is 10.1 Å². The summed E-state index contributed by atoms with van der Waals surface area (Å²) in [5, 5.41) is 10.9. The van der Waals surface area contributed by atoms with Gasteiger partial charge in [0.25, 0.3) is 0 Å². The second-order valence-corrected chi connectivity index (χ2v) is 2.98. The summed E-state index contributed by atoms with van der Waals surface area (Å²) in [7, 11) is 1.36. The highest BCUT2D eigenvalue weighted by atomic mass is 16.5. The van der Waals surface area contributed by atoms with Crippen molar-refractivity contribution in [3.8, 4) is 0 Å². The van der Waals surface area contributed by atoms with E-state index in [1.54, 1.807) is 0 Å². The quantitative estimate of drug-likeness (QED) is 0.613. The van der Waals surface area contributed by atoms with Crippen LogP contribution in [0.4, 0.5) is 4.79 Å². The van der Waals surface area contributed by atoms with E-state index in [-0.39, 0.29) is 6.61 Å². The second-order valence-electron chi connectivity index (χ2n) is 2.98. The van der Waals surface area contributed by atoms with Crippen molar-refractivity contribution in [2.45, 2.75) is 25.8 Å². The van der Waals surface area contributed by atoms with Crippen molar-refractivity contribution >= 4 is 12.1 Å². The molecule has 0 spiro atoms. The molecule has 2 N–H and O–H groups in total. The van der Waals surface area contributed by atoms with Crippen LogP contribution in [0.2, 0.25) is 0 Å². The Hall–Kier alpha value is -1.30. The zero-order valence-corrected chi connectivity index (χ0v) is 8.99. The monoisotopic (exact) mass is 219 g/mol. The van der Waals surface area contributed by atoms with Gasteiger partial charge in [0.05, 0.1) is 13.2 Å². The van der Waals surface area contributed by atoms with Crippen LogP contribution in [0.25, 0.3) is 0 Å². The molecule has 1 amide bonds. The summed E-state index contributed by atoms with van der Waals surface area (Å²) in [5.74, 6) is -1.15. The smallest absolute Gasteiger partial charge is 0.407 e. The number of methoxy groups -OCH3 is 1. The first kappa shape index (κ1) is 13.7. The van der Waals surface area contributed by atoms with Crippen LogP contribution < -0.4 is 5.32 Å².